The maximum atomic E-state index is 10.2. The quantitative estimate of drug-likeness (QED) is 0.567. The predicted molar refractivity (Wildman–Crippen MR) is 53.6 cm³/mol. The molecule has 14 heavy (non-hydrogen) atoms. The summed E-state index contributed by atoms with van der Waals surface area (Å²) >= 11 is 0. The third kappa shape index (κ3) is 13.3. The van der Waals surface area contributed by atoms with Crippen LogP contribution < -0.4 is 16.1 Å². The zero-order valence-corrected chi connectivity index (χ0v) is 9.14. The number of hydroxylamine groups is 1. The molecular formula is C8H19N3O3. The second-order valence-corrected chi connectivity index (χ2v) is 2.15. The summed E-state index contributed by atoms with van der Waals surface area (Å²) in [7, 11) is 3.15. The molecule has 0 fully saturated rings. The van der Waals surface area contributed by atoms with Gasteiger partial charge in [-0.1, -0.05) is 6.92 Å². The van der Waals surface area contributed by atoms with Crippen LogP contribution in [-0.4, -0.2) is 32.6 Å². The summed E-state index contributed by atoms with van der Waals surface area (Å²) in [6.45, 7) is 4.22. The van der Waals surface area contributed by atoms with Crippen LogP contribution in [-0.2, 0) is 9.63 Å². The third-order valence-electron chi connectivity index (χ3n) is 1.12. The Labute approximate surface area is 84.3 Å². The molecule has 0 bridgehead atoms. The summed E-state index contributed by atoms with van der Waals surface area (Å²) in [6, 6.07) is 0. The van der Waals surface area contributed by atoms with Crippen molar-refractivity contribution in [2.75, 3.05) is 20.6 Å². The largest absolute Gasteiger partial charge is 0.426 e. The average molecular weight is 205 g/mol. The van der Waals surface area contributed by atoms with Gasteiger partial charge in [0.1, 0.15) is 0 Å². The predicted octanol–water partition coefficient (Wildman–Crippen LogP) is 0.00930. The number of amides is 2. The van der Waals surface area contributed by atoms with Gasteiger partial charge in [-0.15, -0.1) is 0 Å². The highest BCUT2D eigenvalue weighted by atomic mass is 16.7. The van der Waals surface area contributed by atoms with Gasteiger partial charge in [-0.3, -0.25) is 4.79 Å². The highest BCUT2D eigenvalue weighted by Gasteiger charge is 1.93. The Morgan fingerprint density at radius 3 is 2.00 bits per heavy atom. The number of hydrogen-bond acceptors (Lipinski definition) is 4. The molecule has 6 nitrogen and oxygen atoms in total. The lowest BCUT2D eigenvalue weighted by molar-refractivity contribution is -0.120. The van der Waals surface area contributed by atoms with Crippen LogP contribution in [0.2, 0.25) is 0 Å². The Morgan fingerprint density at radius 2 is 1.79 bits per heavy atom. The molecule has 84 valence electrons. The highest BCUT2D eigenvalue weighted by molar-refractivity contribution is 5.74. The molecule has 0 aromatic heterocycles. The van der Waals surface area contributed by atoms with Gasteiger partial charge in [0.25, 0.3) is 0 Å². The second kappa shape index (κ2) is 11.7. The fourth-order valence-corrected chi connectivity index (χ4v) is 0.450. The van der Waals surface area contributed by atoms with Crippen LogP contribution in [0.3, 0.4) is 0 Å². The molecule has 0 aliphatic carbocycles. The topological polar surface area (TPSA) is 79.5 Å². The molecule has 6 heteroatoms. The molecule has 3 N–H and O–H groups in total. The van der Waals surface area contributed by atoms with Crippen molar-refractivity contribution in [3.05, 3.63) is 0 Å². The summed E-state index contributed by atoms with van der Waals surface area (Å²) in [5, 5.41) is 4.90. The molecule has 0 atom stereocenters. The first-order valence-corrected chi connectivity index (χ1v) is 4.44. The molecule has 0 aromatic carbocycles. The zero-order valence-electron chi connectivity index (χ0n) is 9.14. The van der Waals surface area contributed by atoms with Crippen molar-refractivity contribution >= 4 is 12.0 Å². The molecule has 2 amide bonds. The van der Waals surface area contributed by atoms with Crippen molar-refractivity contribution < 1.29 is 14.4 Å². The van der Waals surface area contributed by atoms with E-state index in [1.807, 2.05) is 13.8 Å². The molecule has 0 heterocycles. The minimum Gasteiger partial charge on any atom is -0.359 e. The number of hydrogen-bond donors (Lipinski definition) is 3. The monoisotopic (exact) mass is 205 g/mol. The Balaban J connectivity index is 0. The highest BCUT2D eigenvalue weighted by Crippen LogP contribution is 1.68. The van der Waals surface area contributed by atoms with Crippen molar-refractivity contribution in [3.63, 3.8) is 0 Å². The average Bonchev–Trinajstić information content (AvgIpc) is 2.18. The zero-order chi connectivity index (χ0) is 11.4. The molecule has 0 aromatic rings. The van der Waals surface area contributed by atoms with Gasteiger partial charge in [-0.05, 0) is 6.92 Å². The second-order valence-electron chi connectivity index (χ2n) is 2.15. The van der Waals surface area contributed by atoms with Crippen molar-refractivity contribution in [2.24, 2.45) is 0 Å². The van der Waals surface area contributed by atoms with Crippen LogP contribution >= 0.6 is 0 Å². The Hall–Kier alpha value is -1.30. The van der Waals surface area contributed by atoms with Crippen LogP contribution in [0.25, 0.3) is 0 Å². The normalized spacial score (nSPS) is 8.00. The van der Waals surface area contributed by atoms with Crippen molar-refractivity contribution in [1.29, 1.82) is 0 Å². The molecular weight excluding hydrogens is 186 g/mol. The van der Waals surface area contributed by atoms with E-state index in [0.717, 1.165) is 0 Å². The lowest BCUT2D eigenvalue weighted by Gasteiger charge is -1.99. The fraction of sp³-hybridized carbons (Fsp3) is 0.750. The van der Waals surface area contributed by atoms with Gasteiger partial charge >= 0.3 is 6.09 Å². The Bertz CT molecular complexity index is 148. The van der Waals surface area contributed by atoms with E-state index < -0.39 is 6.09 Å². The van der Waals surface area contributed by atoms with E-state index in [4.69, 9.17) is 0 Å². The molecule has 0 radical (unpaired) electrons. The van der Waals surface area contributed by atoms with E-state index in [2.05, 4.69) is 21.0 Å². The minimum absolute atomic E-state index is 0.0926. The summed E-state index contributed by atoms with van der Waals surface area (Å²) in [5.74, 6) is 0.0926. The summed E-state index contributed by atoms with van der Waals surface area (Å²) < 4.78 is 0. The summed E-state index contributed by atoms with van der Waals surface area (Å²) in [4.78, 5) is 24.6. The Kier molecular flexibility index (Phi) is 12.7. The number of carbonyl (C=O) groups excluding carboxylic acids is 2. The van der Waals surface area contributed by atoms with E-state index in [0.29, 0.717) is 13.0 Å². The first-order valence-electron chi connectivity index (χ1n) is 4.44. The first-order chi connectivity index (χ1) is 6.62. The third-order valence-corrected chi connectivity index (χ3v) is 1.12. The van der Waals surface area contributed by atoms with Crippen LogP contribution in [0.15, 0.2) is 0 Å². The van der Waals surface area contributed by atoms with Crippen LogP contribution in [0.1, 0.15) is 20.3 Å². The van der Waals surface area contributed by atoms with Crippen LogP contribution in [0.5, 0.6) is 0 Å². The van der Waals surface area contributed by atoms with E-state index in [1.54, 1.807) is 7.05 Å². The molecule has 0 spiro atoms. The molecule has 0 rings (SSSR count). The lowest BCUT2D eigenvalue weighted by atomic mass is 10.5. The van der Waals surface area contributed by atoms with Crippen LogP contribution in [0, 0.1) is 0 Å². The van der Waals surface area contributed by atoms with Gasteiger partial charge < -0.3 is 15.5 Å². The molecule has 0 saturated heterocycles. The van der Waals surface area contributed by atoms with Crippen molar-refractivity contribution in [1.82, 2.24) is 16.1 Å². The van der Waals surface area contributed by atoms with E-state index in [-0.39, 0.29) is 5.91 Å². The van der Waals surface area contributed by atoms with Gasteiger partial charge in [-0.2, -0.15) is 5.48 Å². The SMILES string of the molecule is CCC(=O)NC.CCNC(=O)ONC. The standard InChI is InChI=1S/C4H10N2O2.C4H9NO/c1-3-6-4(7)8-5-2;1-3-4(6)5-2/h5H,3H2,1-2H3,(H,6,7);3H2,1-2H3,(H,5,6). The summed E-state index contributed by atoms with van der Waals surface area (Å²) in [6.07, 6.45) is 0.131. The van der Waals surface area contributed by atoms with Gasteiger partial charge in [0.15, 0.2) is 0 Å². The van der Waals surface area contributed by atoms with E-state index in [1.165, 1.54) is 7.05 Å². The lowest BCUT2D eigenvalue weighted by Crippen LogP contribution is -2.27. The maximum absolute atomic E-state index is 10.2. The molecule has 0 aliphatic rings. The van der Waals surface area contributed by atoms with E-state index >= 15 is 0 Å². The number of nitrogens with one attached hydrogen (secondary N) is 3. The van der Waals surface area contributed by atoms with Crippen molar-refractivity contribution in [3.8, 4) is 0 Å². The fourth-order valence-electron chi connectivity index (χ4n) is 0.450. The smallest absolute Gasteiger partial charge is 0.359 e. The van der Waals surface area contributed by atoms with Gasteiger partial charge in [0, 0.05) is 27.1 Å². The molecule has 0 saturated carbocycles. The van der Waals surface area contributed by atoms with Gasteiger partial charge in [-0.25, -0.2) is 4.79 Å². The van der Waals surface area contributed by atoms with Gasteiger partial charge in [0.2, 0.25) is 5.91 Å². The minimum atomic E-state index is -0.449. The first kappa shape index (κ1) is 15.2. The molecule has 0 unspecified atom stereocenters. The van der Waals surface area contributed by atoms with Gasteiger partial charge in [0.05, 0.1) is 0 Å². The van der Waals surface area contributed by atoms with Crippen LogP contribution in [0.4, 0.5) is 4.79 Å². The number of carbonyl (C=O) groups is 2. The van der Waals surface area contributed by atoms with Crippen molar-refractivity contribution in [2.45, 2.75) is 20.3 Å². The van der Waals surface area contributed by atoms with E-state index in [9.17, 15) is 9.59 Å². The Morgan fingerprint density at radius 1 is 1.21 bits per heavy atom. The maximum Gasteiger partial charge on any atom is 0.426 e. The summed E-state index contributed by atoms with van der Waals surface area (Å²) in [5.41, 5.74) is 2.24. The molecule has 0 aliphatic heterocycles. The number of rotatable bonds is 3.